The number of ether oxygens (including phenoxy) is 3. The van der Waals surface area contributed by atoms with Crippen molar-refractivity contribution in [3.8, 4) is 11.5 Å². The molecule has 1 fully saturated rings. The van der Waals surface area contributed by atoms with Gasteiger partial charge in [-0.2, -0.15) is 0 Å². The summed E-state index contributed by atoms with van der Waals surface area (Å²) in [7, 11) is 0. The first-order valence-corrected chi connectivity index (χ1v) is 11.1. The minimum Gasteiger partial charge on any atom is -0.490 e. The lowest BCUT2D eigenvalue weighted by molar-refractivity contribution is -0.118. The van der Waals surface area contributed by atoms with E-state index >= 15 is 0 Å². The van der Waals surface area contributed by atoms with Gasteiger partial charge in [0.2, 0.25) is 0 Å². The molecule has 0 aromatic heterocycles. The van der Waals surface area contributed by atoms with E-state index in [-0.39, 0.29) is 12.5 Å². The third-order valence-corrected chi connectivity index (χ3v) is 5.37. The summed E-state index contributed by atoms with van der Waals surface area (Å²) in [4.78, 5) is 12.3. The summed E-state index contributed by atoms with van der Waals surface area (Å²) >= 11 is 3.56. The molecule has 6 nitrogen and oxygen atoms in total. The van der Waals surface area contributed by atoms with Gasteiger partial charge >= 0.3 is 0 Å². The van der Waals surface area contributed by atoms with Gasteiger partial charge in [0, 0.05) is 25.4 Å². The summed E-state index contributed by atoms with van der Waals surface area (Å²) < 4.78 is 18.0. The van der Waals surface area contributed by atoms with Crippen LogP contribution in [0.15, 0.2) is 40.9 Å². The van der Waals surface area contributed by atoms with Gasteiger partial charge in [-0.05, 0) is 72.4 Å². The predicted octanol–water partition coefficient (Wildman–Crippen LogP) is 4.44. The molecule has 2 aromatic rings. The van der Waals surface area contributed by atoms with E-state index in [1.807, 2.05) is 50.2 Å². The van der Waals surface area contributed by atoms with Crippen LogP contribution in [0, 0.1) is 6.92 Å². The smallest absolute Gasteiger partial charge is 0.262 e. The highest BCUT2D eigenvalue weighted by molar-refractivity contribution is 9.10. The van der Waals surface area contributed by atoms with Crippen LogP contribution < -0.4 is 20.1 Å². The van der Waals surface area contributed by atoms with Crippen molar-refractivity contribution in [1.29, 1.82) is 0 Å². The number of aryl methyl sites for hydroxylation is 1. The molecule has 1 heterocycles. The maximum Gasteiger partial charge on any atom is 0.262 e. The second-order valence-corrected chi connectivity index (χ2v) is 8.16. The number of carbonyl (C=O) groups excluding carboxylic acids is 1. The van der Waals surface area contributed by atoms with Crippen molar-refractivity contribution >= 4 is 27.5 Å². The van der Waals surface area contributed by atoms with Crippen molar-refractivity contribution in [2.24, 2.45) is 0 Å². The second-order valence-electron chi connectivity index (χ2n) is 7.31. The van der Waals surface area contributed by atoms with E-state index in [4.69, 9.17) is 14.2 Å². The van der Waals surface area contributed by atoms with Gasteiger partial charge in [-0.3, -0.25) is 4.79 Å². The first-order valence-electron chi connectivity index (χ1n) is 10.3. The van der Waals surface area contributed by atoms with Crippen LogP contribution in [-0.2, 0) is 16.1 Å². The molecule has 0 aliphatic carbocycles. The molecule has 7 heteroatoms. The molecule has 30 heavy (non-hydrogen) atoms. The first kappa shape index (κ1) is 22.6. The number of benzene rings is 2. The number of halogens is 1. The third-order valence-electron chi connectivity index (χ3n) is 4.78. The highest BCUT2D eigenvalue weighted by Crippen LogP contribution is 2.37. The second kappa shape index (κ2) is 11.3. The number of hydrogen-bond donors (Lipinski definition) is 2. The van der Waals surface area contributed by atoms with Crippen LogP contribution >= 0.6 is 15.9 Å². The zero-order valence-corrected chi connectivity index (χ0v) is 19.1. The Balaban J connectivity index is 1.58. The van der Waals surface area contributed by atoms with Crippen molar-refractivity contribution in [3.05, 3.63) is 52.0 Å². The largest absolute Gasteiger partial charge is 0.490 e. The topological polar surface area (TPSA) is 68.8 Å². The number of amides is 1. The summed E-state index contributed by atoms with van der Waals surface area (Å²) in [5.41, 5.74) is 2.95. The fourth-order valence-corrected chi connectivity index (χ4v) is 3.88. The Morgan fingerprint density at radius 1 is 1.23 bits per heavy atom. The summed E-state index contributed by atoms with van der Waals surface area (Å²) in [6.07, 6.45) is 2.54. The van der Waals surface area contributed by atoms with E-state index in [1.165, 1.54) is 0 Å². The molecule has 3 rings (SSSR count). The van der Waals surface area contributed by atoms with Crippen LogP contribution in [-0.4, -0.2) is 38.4 Å². The Bertz CT molecular complexity index is 836. The fourth-order valence-electron chi connectivity index (χ4n) is 3.28. The minimum atomic E-state index is -0.226. The summed E-state index contributed by atoms with van der Waals surface area (Å²) in [5.74, 6) is 0.915. The van der Waals surface area contributed by atoms with Crippen molar-refractivity contribution < 1.29 is 19.0 Å². The van der Waals surface area contributed by atoms with Crippen molar-refractivity contribution in [1.82, 2.24) is 5.32 Å². The average Bonchev–Trinajstić information content (AvgIpc) is 3.23. The molecular weight excluding hydrogens is 448 g/mol. The van der Waals surface area contributed by atoms with E-state index in [2.05, 4.69) is 26.6 Å². The lowest BCUT2D eigenvalue weighted by Crippen LogP contribution is -2.25. The molecule has 0 unspecified atom stereocenters. The van der Waals surface area contributed by atoms with Crippen LogP contribution in [0.3, 0.4) is 0 Å². The maximum atomic E-state index is 12.3. The number of carbonyl (C=O) groups is 1. The molecule has 1 aliphatic heterocycles. The standard InChI is InChI=1S/C23H29BrN2O4/c1-3-28-21-12-17(13-25-14-19-5-4-10-29-19)11-20(24)23(21)30-15-22(27)26-18-8-6-16(2)7-9-18/h6-9,11-12,19,25H,3-5,10,13-15H2,1-2H3,(H,26,27)/t19-/m0/s1. The van der Waals surface area contributed by atoms with Crippen molar-refractivity contribution in [3.63, 3.8) is 0 Å². The Morgan fingerprint density at radius 3 is 2.73 bits per heavy atom. The van der Waals surface area contributed by atoms with Crippen molar-refractivity contribution in [2.45, 2.75) is 39.3 Å². The molecule has 1 amide bonds. The van der Waals surface area contributed by atoms with Gasteiger partial charge in [-0.25, -0.2) is 0 Å². The number of nitrogens with one attached hydrogen (secondary N) is 2. The van der Waals surface area contributed by atoms with Crippen LogP contribution in [0.4, 0.5) is 5.69 Å². The highest BCUT2D eigenvalue weighted by Gasteiger charge is 2.16. The summed E-state index contributed by atoms with van der Waals surface area (Å²) in [6, 6.07) is 11.6. The fraction of sp³-hybridized carbons (Fsp3) is 0.435. The van der Waals surface area contributed by atoms with E-state index in [1.54, 1.807) is 0 Å². The molecule has 2 N–H and O–H groups in total. The molecule has 0 spiro atoms. The van der Waals surface area contributed by atoms with E-state index in [9.17, 15) is 4.79 Å². The van der Waals surface area contributed by atoms with Gasteiger partial charge in [0.05, 0.1) is 17.2 Å². The molecule has 1 atom stereocenters. The molecule has 0 saturated carbocycles. The molecule has 2 aromatic carbocycles. The van der Waals surface area contributed by atoms with Gasteiger partial charge in [-0.15, -0.1) is 0 Å². The zero-order chi connectivity index (χ0) is 21.3. The molecule has 1 saturated heterocycles. The molecule has 1 aliphatic rings. The summed E-state index contributed by atoms with van der Waals surface area (Å²) in [5, 5.41) is 6.27. The monoisotopic (exact) mass is 476 g/mol. The van der Waals surface area contributed by atoms with Crippen molar-refractivity contribution in [2.75, 3.05) is 31.7 Å². The number of anilines is 1. The van der Waals surface area contributed by atoms with Gasteiger partial charge < -0.3 is 24.8 Å². The van der Waals surface area contributed by atoms with Crippen LogP contribution in [0.1, 0.15) is 30.9 Å². The van der Waals surface area contributed by atoms with Gasteiger partial charge in [0.15, 0.2) is 18.1 Å². The molecule has 0 bridgehead atoms. The molecular formula is C23H29BrN2O4. The number of hydrogen-bond acceptors (Lipinski definition) is 5. The predicted molar refractivity (Wildman–Crippen MR) is 121 cm³/mol. The highest BCUT2D eigenvalue weighted by atomic mass is 79.9. The zero-order valence-electron chi connectivity index (χ0n) is 17.5. The lowest BCUT2D eigenvalue weighted by Gasteiger charge is -2.16. The lowest BCUT2D eigenvalue weighted by atomic mass is 10.2. The van der Waals surface area contributed by atoms with E-state index in [0.717, 1.165) is 47.3 Å². The molecule has 162 valence electrons. The van der Waals surface area contributed by atoms with Crippen LogP contribution in [0.5, 0.6) is 11.5 Å². The SMILES string of the molecule is CCOc1cc(CNC[C@@H]2CCCO2)cc(Br)c1OCC(=O)Nc1ccc(C)cc1. The van der Waals surface area contributed by atoms with E-state index < -0.39 is 0 Å². The van der Waals surface area contributed by atoms with Gasteiger partial charge in [0.1, 0.15) is 0 Å². The summed E-state index contributed by atoms with van der Waals surface area (Å²) in [6.45, 7) is 6.71. The quantitative estimate of drug-likeness (QED) is 0.530. The maximum absolute atomic E-state index is 12.3. The Morgan fingerprint density at radius 2 is 2.03 bits per heavy atom. The normalized spacial score (nSPS) is 15.8. The molecule has 0 radical (unpaired) electrons. The minimum absolute atomic E-state index is 0.108. The Kier molecular flexibility index (Phi) is 8.54. The van der Waals surface area contributed by atoms with Crippen LogP contribution in [0.2, 0.25) is 0 Å². The Hall–Kier alpha value is -2.09. The first-order chi connectivity index (χ1) is 14.5. The average molecular weight is 477 g/mol. The third kappa shape index (κ3) is 6.72. The van der Waals surface area contributed by atoms with Gasteiger partial charge in [0.25, 0.3) is 5.91 Å². The van der Waals surface area contributed by atoms with Crippen LogP contribution in [0.25, 0.3) is 0 Å². The van der Waals surface area contributed by atoms with E-state index in [0.29, 0.717) is 30.8 Å². The number of rotatable bonds is 10. The Labute approximate surface area is 186 Å². The van der Waals surface area contributed by atoms with Gasteiger partial charge in [-0.1, -0.05) is 17.7 Å².